The molecule has 0 heterocycles. The third-order valence-electron chi connectivity index (χ3n) is 2.30. The van der Waals surface area contributed by atoms with Crippen molar-refractivity contribution in [1.29, 1.82) is 0 Å². The first-order chi connectivity index (χ1) is 9.01. The molecule has 0 saturated heterocycles. The number of alkyl halides is 3. The number of rotatable bonds is 8. The van der Waals surface area contributed by atoms with Gasteiger partial charge in [-0.25, -0.2) is 0 Å². The van der Waals surface area contributed by atoms with Crippen molar-refractivity contribution in [3.63, 3.8) is 0 Å². The molecule has 1 aromatic carbocycles. The highest BCUT2D eigenvalue weighted by Crippen LogP contribution is 2.31. The molecule has 0 fully saturated rings. The molecule has 0 atom stereocenters. The van der Waals surface area contributed by atoms with Crippen LogP contribution in [-0.2, 0) is 6.54 Å². The van der Waals surface area contributed by atoms with Gasteiger partial charge in [0, 0.05) is 22.9 Å². The standard InChI is InChI=1S/C13H18F3NS2/c1-2-7-17-10-11-3-5-12(6-4-11)18-8-9-19-13(14,15)16/h3-6,17H,2,7-10H2,1H3. The van der Waals surface area contributed by atoms with Crippen LogP contribution in [0.5, 0.6) is 0 Å². The molecule has 1 aromatic rings. The second-order valence-electron chi connectivity index (χ2n) is 3.96. The zero-order chi connectivity index (χ0) is 14.1. The van der Waals surface area contributed by atoms with Crippen LogP contribution in [0.3, 0.4) is 0 Å². The Balaban J connectivity index is 2.24. The zero-order valence-corrected chi connectivity index (χ0v) is 12.4. The summed E-state index contributed by atoms with van der Waals surface area (Å²) in [5, 5.41) is 3.30. The van der Waals surface area contributed by atoms with Crippen molar-refractivity contribution in [3.05, 3.63) is 29.8 Å². The molecule has 0 radical (unpaired) electrons. The molecular weight excluding hydrogens is 291 g/mol. The summed E-state index contributed by atoms with van der Waals surface area (Å²) in [7, 11) is 0. The average molecular weight is 309 g/mol. The molecule has 108 valence electrons. The molecule has 0 aliphatic carbocycles. The molecule has 6 heteroatoms. The first-order valence-electron chi connectivity index (χ1n) is 6.14. The van der Waals surface area contributed by atoms with Crippen LogP contribution >= 0.6 is 23.5 Å². The first-order valence-corrected chi connectivity index (χ1v) is 8.11. The Hall–Kier alpha value is -0.330. The van der Waals surface area contributed by atoms with Gasteiger partial charge in [-0.05, 0) is 30.7 Å². The fourth-order valence-electron chi connectivity index (χ4n) is 1.43. The van der Waals surface area contributed by atoms with E-state index in [2.05, 4.69) is 12.2 Å². The smallest absolute Gasteiger partial charge is 0.313 e. The van der Waals surface area contributed by atoms with Crippen molar-refractivity contribution in [2.45, 2.75) is 30.3 Å². The van der Waals surface area contributed by atoms with Gasteiger partial charge in [0.25, 0.3) is 0 Å². The fraction of sp³-hybridized carbons (Fsp3) is 0.538. The number of halogens is 3. The van der Waals surface area contributed by atoms with Gasteiger partial charge in [0.1, 0.15) is 0 Å². The number of hydrogen-bond acceptors (Lipinski definition) is 3. The van der Waals surface area contributed by atoms with Crippen molar-refractivity contribution in [2.75, 3.05) is 18.1 Å². The highest BCUT2D eigenvalue weighted by Gasteiger charge is 2.27. The molecule has 0 unspecified atom stereocenters. The van der Waals surface area contributed by atoms with Crippen molar-refractivity contribution >= 4 is 23.5 Å². The molecule has 0 aromatic heterocycles. The summed E-state index contributed by atoms with van der Waals surface area (Å²) in [6.07, 6.45) is 1.10. The highest BCUT2D eigenvalue weighted by atomic mass is 32.2. The molecular formula is C13H18F3NS2. The topological polar surface area (TPSA) is 12.0 Å². The van der Waals surface area contributed by atoms with Gasteiger partial charge in [0.15, 0.2) is 0 Å². The van der Waals surface area contributed by atoms with Gasteiger partial charge in [-0.15, -0.1) is 11.8 Å². The minimum absolute atomic E-state index is 0.0387. The average Bonchev–Trinajstić information content (AvgIpc) is 2.36. The largest absolute Gasteiger partial charge is 0.441 e. The molecule has 0 aliphatic heterocycles. The normalized spacial score (nSPS) is 11.8. The molecule has 1 rings (SSSR count). The van der Waals surface area contributed by atoms with E-state index in [9.17, 15) is 13.2 Å². The van der Waals surface area contributed by atoms with Gasteiger partial charge in [-0.2, -0.15) is 13.2 Å². The van der Waals surface area contributed by atoms with Crippen molar-refractivity contribution in [2.24, 2.45) is 0 Å². The van der Waals surface area contributed by atoms with E-state index in [4.69, 9.17) is 0 Å². The van der Waals surface area contributed by atoms with Gasteiger partial charge < -0.3 is 5.32 Å². The summed E-state index contributed by atoms with van der Waals surface area (Å²) in [5.41, 5.74) is -2.92. The van der Waals surface area contributed by atoms with Crippen LogP contribution in [0.25, 0.3) is 0 Å². The van der Waals surface area contributed by atoms with Crippen LogP contribution in [0, 0.1) is 0 Å². The second-order valence-corrected chi connectivity index (χ2v) is 6.29. The Kier molecular flexibility index (Phi) is 7.71. The Labute approximate surface area is 120 Å². The van der Waals surface area contributed by atoms with E-state index in [1.807, 2.05) is 24.3 Å². The fourth-order valence-corrected chi connectivity index (χ4v) is 2.89. The molecule has 0 aliphatic rings. The lowest BCUT2D eigenvalue weighted by Crippen LogP contribution is -2.13. The Morgan fingerprint density at radius 3 is 2.37 bits per heavy atom. The number of nitrogens with one attached hydrogen (secondary N) is 1. The summed E-state index contributed by atoms with van der Waals surface area (Å²) in [6.45, 7) is 3.94. The van der Waals surface area contributed by atoms with Gasteiger partial charge in [-0.3, -0.25) is 0 Å². The molecule has 0 spiro atoms. The first kappa shape index (κ1) is 16.7. The zero-order valence-electron chi connectivity index (χ0n) is 10.8. The van der Waals surface area contributed by atoms with Crippen LogP contribution < -0.4 is 5.32 Å². The van der Waals surface area contributed by atoms with Gasteiger partial charge in [0.05, 0.1) is 0 Å². The van der Waals surface area contributed by atoms with E-state index in [1.165, 1.54) is 17.3 Å². The van der Waals surface area contributed by atoms with E-state index < -0.39 is 5.51 Å². The van der Waals surface area contributed by atoms with E-state index >= 15 is 0 Å². The summed E-state index contributed by atoms with van der Waals surface area (Å²) in [4.78, 5) is 1.02. The minimum atomic E-state index is -4.12. The summed E-state index contributed by atoms with van der Waals surface area (Å²) in [5.74, 6) is 0.561. The van der Waals surface area contributed by atoms with Crippen LogP contribution in [0.4, 0.5) is 13.2 Å². The maximum absolute atomic E-state index is 11.9. The number of hydrogen-bond donors (Lipinski definition) is 1. The van der Waals surface area contributed by atoms with E-state index in [0.29, 0.717) is 5.75 Å². The SMILES string of the molecule is CCCNCc1ccc(SCCSC(F)(F)F)cc1. The Morgan fingerprint density at radius 2 is 1.79 bits per heavy atom. The summed E-state index contributed by atoms with van der Waals surface area (Å²) < 4.78 is 35.8. The number of thioether (sulfide) groups is 2. The van der Waals surface area contributed by atoms with Crippen LogP contribution in [-0.4, -0.2) is 23.6 Å². The van der Waals surface area contributed by atoms with E-state index in [0.717, 1.165) is 24.4 Å². The van der Waals surface area contributed by atoms with Crippen molar-refractivity contribution in [3.8, 4) is 0 Å². The van der Waals surface area contributed by atoms with Crippen LogP contribution in [0.1, 0.15) is 18.9 Å². The lowest BCUT2D eigenvalue weighted by atomic mass is 10.2. The number of benzene rings is 1. The van der Waals surface area contributed by atoms with Gasteiger partial charge in [-0.1, -0.05) is 30.8 Å². The lowest BCUT2D eigenvalue weighted by Gasteiger charge is -2.06. The van der Waals surface area contributed by atoms with E-state index in [1.54, 1.807) is 0 Å². The van der Waals surface area contributed by atoms with E-state index in [-0.39, 0.29) is 17.5 Å². The quantitative estimate of drug-likeness (QED) is 0.559. The van der Waals surface area contributed by atoms with Gasteiger partial charge in [0.2, 0.25) is 0 Å². The second kappa shape index (κ2) is 8.76. The monoisotopic (exact) mass is 309 g/mol. The van der Waals surface area contributed by atoms with Crippen molar-refractivity contribution in [1.82, 2.24) is 5.32 Å². The molecule has 0 saturated carbocycles. The lowest BCUT2D eigenvalue weighted by molar-refractivity contribution is -0.0326. The third kappa shape index (κ3) is 8.44. The molecule has 1 N–H and O–H groups in total. The Morgan fingerprint density at radius 1 is 1.11 bits per heavy atom. The minimum Gasteiger partial charge on any atom is -0.313 e. The van der Waals surface area contributed by atoms with Crippen LogP contribution in [0.15, 0.2) is 29.2 Å². The predicted octanol–water partition coefficient (Wildman–Crippen LogP) is 4.53. The van der Waals surface area contributed by atoms with Crippen LogP contribution in [0.2, 0.25) is 0 Å². The maximum Gasteiger partial charge on any atom is 0.441 e. The molecule has 0 bridgehead atoms. The summed E-state index contributed by atoms with van der Waals surface area (Å²) in [6, 6.07) is 7.96. The predicted molar refractivity (Wildman–Crippen MR) is 77.7 cm³/mol. The highest BCUT2D eigenvalue weighted by molar-refractivity contribution is 8.03. The Bertz CT molecular complexity index is 352. The molecule has 0 amide bonds. The summed E-state index contributed by atoms with van der Waals surface area (Å²) >= 11 is 1.50. The van der Waals surface area contributed by atoms with Gasteiger partial charge >= 0.3 is 5.51 Å². The van der Waals surface area contributed by atoms with Crippen molar-refractivity contribution < 1.29 is 13.2 Å². The maximum atomic E-state index is 11.9. The molecule has 1 nitrogen and oxygen atoms in total. The molecule has 19 heavy (non-hydrogen) atoms. The third-order valence-corrected chi connectivity index (χ3v) is 4.30.